The average Bonchev–Trinajstić information content (AvgIpc) is 2.35. The Kier molecular flexibility index (Phi) is 12.9. The van der Waals surface area contributed by atoms with Crippen LogP contribution < -0.4 is 11.5 Å². The average molecular weight is 359 g/mol. The van der Waals surface area contributed by atoms with Gasteiger partial charge >= 0.3 is 11.9 Å². The lowest BCUT2D eigenvalue weighted by Crippen LogP contribution is -2.37. The molecule has 4 N–H and O–H groups in total. The highest BCUT2D eigenvalue weighted by molar-refractivity contribution is 5.85. The molecule has 132 valence electrons. The van der Waals surface area contributed by atoms with Crippen LogP contribution >= 0.6 is 24.8 Å². The minimum Gasteiger partial charge on any atom is -0.469 e. The second-order valence-corrected chi connectivity index (χ2v) is 5.76. The molecule has 2 saturated carbocycles. The summed E-state index contributed by atoms with van der Waals surface area (Å²) in [7, 11) is 2.84. The lowest BCUT2D eigenvalue weighted by Gasteiger charge is -2.31. The Hall–Kier alpha value is -0.560. The fourth-order valence-corrected chi connectivity index (χ4v) is 2.55. The van der Waals surface area contributed by atoms with Crippen molar-refractivity contribution < 1.29 is 19.1 Å². The van der Waals surface area contributed by atoms with E-state index in [9.17, 15) is 9.59 Å². The summed E-state index contributed by atoms with van der Waals surface area (Å²) in [6.07, 6.45) is 5.02. The molecule has 2 rings (SSSR count). The van der Waals surface area contributed by atoms with E-state index in [-0.39, 0.29) is 36.8 Å². The molecule has 0 aliphatic heterocycles. The minimum atomic E-state index is -0.114. The Balaban J connectivity index is 0. The predicted molar refractivity (Wildman–Crippen MR) is 89.2 cm³/mol. The molecule has 6 nitrogen and oxygen atoms in total. The number of methoxy groups -OCH3 is 2. The van der Waals surface area contributed by atoms with E-state index >= 15 is 0 Å². The number of ether oxygens (including phenoxy) is 2. The van der Waals surface area contributed by atoms with E-state index < -0.39 is 0 Å². The van der Waals surface area contributed by atoms with Gasteiger partial charge < -0.3 is 20.9 Å². The van der Waals surface area contributed by atoms with Crippen molar-refractivity contribution in [2.45, 2.75) is 50.6 Å². The summed E-state index contributed by atoms with van der Waals surface area (Å²) in [6, 6.07) is 0.657. The van der Waals surface area contributed by atoms with Gasteiger partial charge in [-0.3, -0.25) is 9.59 Å². The van der Waals surface area contributed by atoms with Crippen molar-refractivity contribution in [2.24, 2.45) is 23.3 Å². The lowest BCUT2D eigenvalue weighted by atomic mass is 9.79. The summed E-state index contributed by atoms with van der Waals surface area (Å²) < 4.78 is 9.02. The lowest BCUT2D eigenvalue weighted by molar-refractivity contribution is -0.143. The van der Waals surface area contributed by atoms with E-state index in [1.54, 1.807) is 0 Å². The van der Waals surface area contributed by atoms with Crippen LogP contribution in [0.5, 0.6) is 0 Å². The van der Waals surface area contributed by atoms with Crippen LogP contribution in [0.25, 0.3) is 0 Å². The van der Waals surface area contributed by atoms with Gasteiger partial charge in [0.25, 0.3) is 0 Å². The zero-order valence-corrected chi connectivity index (χ0v) is 14.8. The van der Waals surface area contributed by atoms with Crippen LogP contribution in [0.2, 0.25) is 0 Å². The number of hydrogen-bond acceptors (Lipinski definition) is 6. The summed E-state index contributed by atoms with van der Waals surface area (Å²) in [5, 5.41) is 0. The summed E-state index contributed by atoms with van der Waals surface area (Å²) in [5.74, 6) is 0.749. The van der Waals surface area contributed by atoms with Crippen molar-refractivity contribution in [3.63, 3.8) is 0 Å². The zero-order valence-electron chi connectivity index (χ0n) is 13.2. The molecular formula is C14H28Cl2N2O4. The van der Waals surface area contributed by atoms with Crippen LogP contribution in [0.15, 0.2) is 0 Å². The molecule has 0 heterocycles. The number of hydrogen-bond donors (Lipinski definition) is 2. The summed E-state index contributed by atoms with van der Waals surface area (Å²) in [4.78, 5) is 21.3. The minimum absolute atomic E-state index is 0. The summed E-state index contributed by atoms with van der Waals surface area (Å²) in [5.41, 5.74) is 11.1. The van der Waals surface area contributed by atoms with Gasteiger partial charge in [0.1, 0.15) is 0 Å². The van der Waals surface area contributed by atoms with Crippen molar-refractivity contribution in [1.82, 2.24) is 0 Å². The van der Waals surface area contributed by atoms with Crippen molar-refractivity contribution in [3.8, 4) is 0 Å². The van der Waals surface area contributed by atoms with Crippen molar-refractivity contribution >= 4 is 36.8 Å². The molecule has 0 amide bonds. The van der Waals surface area contributed by atoms with E-state index in [0.29, 0.717) is 36.8 Å². The second kappa shape index (κ2) is 11.9. The van der Waals surface area contributed by atoms with E-state index in [4.69, 9.17) is 11.5 Å². The molecule has 0 aromatic carbocycles. The maximum atomic E-state index is 10.7. The van der Waals surface area contributed by atoms with Gasteiger partial charge in [-0.1, -0.05) is 0 Å². The number of carbonyl (C=O) groups excluding carboxylic acids is 2. The molecule has 0 radical (unpaired) electrons. The smallest absolute Gasteiger partial charge is 0.305 e. The third-order valence-electron chi connectivity index (χ3n) is 3.91. The molecule has 2 aliphatic rings. The Morgan fingerprint density at radius 2 is 1.09 bits per heavy atom. The van der Waals surface area contributed by atoms with Gasteiger partial charge in [-0.25, -0.2) is 0 Å². The molecule has 2 fully saturated rings. The van der Waals surface area contributed by atoms with Crippen LogP contribution in [0.3, 0.4) is 0 Å². The van der Waals surface area contributed by atoms with Crippen LogP contribution in [0, 0.1) is 11.8 Å². The number of carbonyl (C=O) groups is 2. The standard InChI is InChI=1S/2C7H13NO2.2ClH/c2*1-10-7(9)4-5-2-6(8)3-5;;/h2*5-6H,2-4,8H2,1H3;2*1H. The van der Waals surface area contributed by atoms with Crippen LogP contribution in [-0.4, -0.2) is 38.2 Å². The summed E-state index contributed by atoms with van der Waals surface area (Å²) in [6.45, 7) is 0. The molecule has 0 saturated heterocycles. The summed E-state index contributed by atoms with van der Waals surface area (Å²) >= 11 is 0. The van der Waals surface area contributed by atoms with Crippen molar-refractivity contribution in [2.75, 3.05) is 14.2 Å². The maximum absolute atomic E-state index is 10.7. The maximum Gasteiger partial charge on any atom is 0.305 e. The van der Waals surface area contributed by atoms with Crippen LogP contribution in [-0.2, 0) is 19.1 Å². The first-order valence-electron chi connectivity index (χ1n) is 7.09. The Morgan fingerprint density at radius 3 is 1.27 bits per heavy atom. The highest BCUT2D eigenvalue weighted by atomic mass is 35.5. The Morgan fingerprint density at radius 1 is 0.818 bits per heavy atom. The number of nitrogens with two attached hydrogens (primary N) is 2. The Labute approximate surface area is 144 Å². The molecule has 0 aromatic heterocycles. The predicted octanol–water partition coefficient (Wildman–Crippen LogP) is 1.42. The second-order valence-electron chi connectivity index (χ2n) is 5.76. The highest BCUT2D eigenvalue weighted by Gasteiger charge is 2.28. The third-order valence-corrected chi connectivity index (χ3v) is 3.91. The van der Waals surface area contributed by atoms with E-state index in [0.717, 1.165) is 25.7 Å². The molecular weight excluding hydrogens is 331 g/mol. The molecule has 22 heavy (non-hydrogen) atoms. The molecule has 0 unspecified atom stereocenters. The SMILES string of the molecule is COC(=O)CC1CC(N)C1.COC(=O)CC1CC(N)C1.Cl.Cl. The van der Waals surface area contributed by atoms with Crippen molar-refractivity contribution in [1.29, 1.82) is 0 Å². The third kappa shape index (κ3) is 8.78. The number of esters is 2. The van der Waals surface area contributed by atoms with Crippen LogP contribution in [0.1, 0.15) is 38.5 Å². The Bertz CT molecular complexity index is 301. The molecule has 0 aromatic rings. The molecule has 2 aliphatic carbocycles. The zero-order chi connectivity index (χ0) is 15.1. The first-order chi connectivity index (χ1) is 9.44. The molecule has 0 bridgehead atoms. The first kappa shape index (κ1) is 23.7. The van der Waals surface area contributed by atoms with Gasteiger partial charge in [-0.2, -0.15) is 0 Å². The largest absolute Gasteiger partial charge is 0.469 e. The van der Waals surface area contributed by atoms with E-state index in [1.807, 2.05) is 0 Å². The quantitative estimate of drug-likeness (QED) is 0.736. The number of halogens is 2. The van der Waals surface area contributed by atoms with Gasteiger partial charge in [0.2, 0.25) is 0 Å². The van der Waals surface area contributed by atoms with E-state index in [2.05, 4.69) is 9.47 Å². The van der Waals surface area contributed by atoms with Crippen LogP contribution in [0.4, 0.5) is 0 Å². The molecule has 0 spiro atoms. The monoisotopic (exact) mass is 358 g/mol. The number of rotatable bonds is 4. The fourth-order valence-electron chi connectivity index (χ4n) is 2.55. The van der Waals surface area contributed by atoms with Gasteiger partial charge in [0.05, 0.1) is 14.2 Å². The molecule has 8 heteroatoms. The van der Waals surface area contributed by atoms with Gasteiger partial charge in [-0.05, 0) is 37.5 Å². The van der Waals surface area contributed by atoms with E-state index in [1.165, 1.54) is 14.2 Å². The van der Waals surface area contributed by atoms with Gasteiger partial charge in [0.15, 0.2) is 0 Å². The fraction of sp³-hybridized carbons (Fsp3) is 0.857. The topological polar surface area (TPSA) is 105 Å². The highest BCUT2D eigenvalue weighted by Crippen LogP contribution is 2.29. The van der Waals surface area contributed by atoms with Gasteiger partial charge in [-0.15, -0.1) is 24.8 Å². The molecule has 0 atom stereocenters. The van der Waals surface area contributed by atoms with Gasteiger partial charge in [0, 0.05) is 24.9 Å². The first-order valence-corrected chi connectivity index (χ1v) is 7.09. The van der Waals surface area contributed by atoms with Crippen molar-refractivity contribution in [3.05, 3.63) is 0 Å². The normalized spacial score (nSPS) is 28.2.